The van der Waals surface area contributed by atoms with Gasteiger partial charge < -0.3 is 0 Å². The van der Waals surface area contributed by atoms with Crippen molar-refractivity contribution in [1.82, 2.24) is 0 Å². The zero-order valence-corrected chi connectivity index (χ0v) is 22.8. The summed E-state index contributed by atoms with van der Waals surface area (Å²) in [6, 6.07) is 0. The molecule has 0 atom stereocenters. The van der Waals surface area contributed by atoms with Gasteiger partial charge >= 0.3 is 0 Å². The lowest BCUT2D eigenvalue weighted by Gasteiger charge is -2.06. The van der Waals surface area contributed by atoms with E-state index in [2.05, 4.69) is 13.8 Å². The van der Waals surface area contributed by atoms with Gasteiger partial charge in [-0.2, -0.15) is 8.42 Å². The maximum Gasteiger partial charge on any atom is 0.267 e. The second-order valence-corrected chi connectivity index (χ2v) is 11.6. The molecule has 0 aliphatic carbocycles. The van der Waals surface area contributed by atoms with E-state index in [1.807, 2.05) is 0 Å². The van der Waals surface area contributed by atoms with E-state index in [4.69, 9.17) is 4.18 Å². The van der Waals surface area contributed by atoms with Crippen molar-refractivity contribution < 1.29 is 12.6 Å². The van der Waals surface area contributed by atoms with Crippen LogP contribution in [-0.4, -0.2) is 20.8 Å². The summed E-state index contributed by atoms with van der Waals surface area (Å²) in [4.78, 5) is 0. The monoisotopic (exact) mass is 474 g/mol. The lowest BCUT2D eigenvalue weighted by molar-refractivity contribution is 0.305. The smallest absolute Gasteiger partial charge is 0.267 e. The van der Waals surface area contributed by atoms with E-state index in [1.165, 1.54) is 122 Å². The first-order valence-corrected chi connectivity index (χ1v) is 16.1. The molecule has 0 fully saturated rings. The molecule has 0 saturated carbocycles. The Balaban J connectivity index is 3.29. The largest absolute Gasteiger partial charge is 0.270 e. The van der Waals surface area contributed by atoms with Crippen LogP contribution in [0.5, 0.6) is 0 Å². The molecule has 0 N–H and O–H groups in total. The molecule has 0 aromatic heterocycles. The minimum Gasteiger partial charge on any atom is -0.270 e. The van der Waals surface area contributed by atoms with Crippen LogP contribution in [0.2, 0.25) is 0 Å². The van der Waals surface area contributed by atoms with E-state index in [1.54, 1.807) is 0 Å². The minimum absolute atomic E-state index is 0.197. The first kappa shape index (κ1) is 31.9. The normalized spacial score (nSPS) is 11.9. The van der Waals surface area contributed by atoms with Crippen molar-refractivity contribution in [3.63, 3.8) is 0 Å². The Morgan fingerprint density at radius 2 is 0.688 bits per heavy atom. The van der Waals surface area contributed by atoms with E-state index in [9.17, 15) is 8.42 Å². The number of hydrogen-bond acceptors (Lipinski definition) is 3. The summed E-state index contributed by atoms with van der Waals surface area (Å²) < 4.78 is 29.1. The fraction of sp³-hybridized carbons (Fsp3) is 1.00. The van der Waals surface area contributed by atoms with Crippen LogP contribution in [0.15, 0.2) is 0 Å². The van der Waals surface area contributed by atoms with Crippen LogP contribution in [0.1, 0.15) is 168 Å². The highest BCUT2D eigenvalue weighted by molar-refractivity contribution is 7.86. The van der Waals surface area contributed by atoms with Crippen molar-refractivity contribution >= 4 is 10.1 Å². The molecule has 0 unspecified atom stereocenters. The molecule has 0 heterocycles. The third-order valence-electron chi connectivity index (χ3n) is 6.51. The Labute approximate surface area is 203 Å². The van der Waals surface area contributed by atoms with Gasteiger partial charge in [-0.15, -0.1) is 0 Å². The van der Waals surface area contributed by atoms with E-state index in [0.717, 1.165) is 32.1 Å². The van der Waals surface area contributed by atoms with Crippen LogP contribution in [0.4, 0.5) is 0 Å². The molecule has 194 valence electrons. The van der Waals surface area contributed by atoms with E-state index >= 15 is 0 Å². The maximum atomic E-state index is 12.0. The molecule has 0 rings (SSSR count). The highest BCUT2D eigenvalue weighted by Gasteiger charge is 2.10. The minimum atomic E-state index is -3.31. The first-order chi connectivity index (χ1) is 15.6. The van der Waals surface area contributed by atoms with E-state index < -0.39 is 10.1 Å². The van der Waals surface area contributed by atoms with Gasteiger partial charge in [-0.1, -0.05) is 155 Å². The van der Waals surface area contributed by atoms with Gasteiger partial charge in [0.1, 0.15) is 0 Å². The van der Waals surface area contributed by atoms with Crippen LogP contribution in [0.3, 0.4) is 0 Å². The predicted molar refractivity (Wildman–Crippen MR) is 142 cm³/mol. The van der Waals surface area contributed by atoms with Gasteiger partial charge in [-0.3, -0.25) is 4.18 Å². The van der Waals surface area contributed by atoms with Crippen LogP contribution >= 0.6 is 0 Å². The molecule has 0 amide bonds. The quantitative estimate of drug-likeness (QED) is 0.0878. The summed E-state index contributed by atoms with van der Waals surface area (Å²) in [6.07, 6.45) is 30.5. The van der Waals surface area contributed by atoms with Gasteiger partial charge in [0.05, 0.1) is 12.4 Å². The zero-order chi connectivity index (χ0) is 23.6. The molecular formula is C28H58O3S. The fourth-order valence-corrected chi connectivity index (χ4v) is 5.36. The summed E-state index contributed by atoms with van der Waals surface area (Å²) in [5.41, 5.74) is 0. The summed E-state index contributed by atoms with van der Waals surface area (Å²) in [5, 5.41) is 0. The fourth-order valence-electron chi connectivity index (χ4n) is 4.31. The molecule has 0 bridgehead atoms. The Morgan fingerprint density at radius 1 is 0.406 bits per heavy atom. The Hall–Kier alpha value is -0.0900. The number of rotatable bonds is 27. The third kappa shape index (κ3) is 26.2. The second kappa shape index (κ2) is 25.5. The topological polar surface area (TPSA) is 43.4 Å². The lowest BCUT2D eigenvalue weighted by Crippen LogP contribution is -2.11. The molecule has 0 aliphatic heterocycles. The summed E-state index contributed by atoms with van der Waals surface area (Å²) in [5.74, 6) is 0.197. The highest BCUT2D eigenvalue weighted by Crippen LogP contribution is 2.14. The van der Waals surface area contributed by atoms with Crippen molar-refractivity contribution in [3.8, 4) is 0 Å². The molecule has 32 heavy (non-hydrogen) atoms. The van der Waals surface area contributed by atoms with Gasteiger partial charge in [-0.25, -0.2) is 0 Å². The van der Waals surface area contributed by atoms with Gasteiger partial charge in [-0.05, 0) is 12.8 Å². The molecule has 0 radical (unpaired) electrons. The van der Waals surface area contributed by atoms with Crippen LogP contribution in [-0.2, 0) is 14.3 Å². The highest BCUT2D eigenvalue weighted by atomic mass is 32.2. The van der Waals surface area contributed by atoms with Gasteiger partial charge in [0.25, 0.3) is 10.1 Å². The SMILES string of the molecule is CCCCCCCCCCCCCCCCOS(=O)(=O)CCCCCCCCCCCC. The molecule has 0 aliphatic rings. The first-order valence-electron chi connectivity index (χ1n) is 14.5. The van der Waals surface area contributed by atoms with Crippen molar-refractivity contribution in [2.75, 3.05) is 12.4 Å². The molecular weight excluding hydrogens is 416 g/mol. The van der Waals surface area contributed by atoms with Crippen molar-refractivity contribution in [1.29, 1.82) is 0 Å². The van der Waals surface area contributed by atoms with Crippen LogP contribution < -0.4 is 0 Å². The average molecular weight is 475 g/mol. The Kier molecular flexibility index (Phi) is 25.5. The van der Waals surface area contributed by atoms with Gasteiger partial charge in [0.2, 0.25) is 0 Å². The summed E-state index contributed by atoms with van der Waals surface area (Å²) >= 11 is 0. The second-order valence-electron chi connectivity index (χ2n) is 9.86. The van der Waals surface area contributed by atoms with E-state index in [-0.39, 0.29) is 5.75 Å². The third-order valence-corrected chi connectivity index (χ3v) is 7.82. The van der Waals surface area contributed by atoms with Gasteiger partial charge in [0, 0.05) is 0 Å². The maximum absolute atomic E-state index is 12.0. The number of hydrogen-bond donors (Lipinski definition) is 0. The lowest BCUT2D eigenvalue weighted by atomic mass is 10.0. The molecule has 0 saturated heterocycles. The summed E-state index contributed by atoms with van der Waals surface area (Å²) in [7, 11) is -3.31. The van der Waals surface area contributed by atoms with Gasteiger partial charge in [0.15, 0.2) is 0 Å². The van der Waals surface area contributed by atoms with Crippen LogP contribution in [0, 0.1) is 0 Å². The molecule has 0 spiro atoms. The molecule has 0 aromatic carbocycles. The zero-order valence-electron chi connectivity index (χ0n) is 22.0. The molecule has 4 heteroatoms. The van der Waals surface area contributed by atoms with E-state index in [0.29, 0.717) is 6.61 Å². The van der Waals surface area contributed by atoms with Crippen LogP contribution in [0.25, 0.3) is 0 Å². The Morgan fingerprint density at radius 3 is 1.03 bits per heavy atom. The summed E-state index contributed by atoms with van der Waals surface area (Å²) in [6.45, 7) is 4.89. The number of unbranched alkanes of at least 4 members (excludes halogenated alkanes) is 22. The standard InChI is InChI=1S/C28H58O3S/c1-3-5-7-9-11-13-15-16-17-18-19-21-23-25-27-31-32(29,30)28-26-24-22-20-14-12-10-8-6-4-2/h3-28H2,1-2H3. The van der Waals surface area contributed by atoms with Crippen molar-refractivity contribution in [2.24, 2.45) is 0 Å². The average Bonchev–Trinajstić information content (AvgIpc) is 2.77. The predicted octanol–water partition coefficient (Wildman–Crippen LogP) is 9.73. The molecule has 3 nitrogen and oxygen atoms in total. The van der Waals surface area contributed by atoms with Crippen molar-refractivity contribution in [2.45, 2.75) is 168 Å². The van der Waals surface area contributed by atoms with Crippen molar-refractivity contribution in [3.05, 3.63) is 0 Å². The Bertz CT molecular complexity index is 448. The molecule has 0 aromatic rings.